The molecule has 0 fully saturated rings. The Balaban J connectivity index is 2.36. The molecule has 3 aromatic rings. The molecule has 0 aliphatic carbocycles. The first-order chi connectivity index (χ1) is 12.8. The van der Waals surface area contributed by atoms with Crippen molar-refractivity contribution in [3.05, 3.63) is 65.3 Å². The molecule has 2 aromatic carbocycles. The Labute approximate surface area is 166 Å². The lowest BCUT2D eigenvalue weighted by Crippen LogP contribution is -2.44. The van der Waals surface area contributed by atoms with Crippen molar-refractivity contribution in [3.63, 3.8) is 0 Å². The minimum Gasteiger partial charge on any atom is -0.255 e. The van der Waals surface area contributed by atoms with Gasteiger partial charge in [-0.3, -0.25) is 4.98 Å². The minimum absolute atomic E-state index is 0.00824. The van der Waals surface area contributed by atoms with E-state index in [1.54, 1.807) is 31.2 Å². The van der Waals surface area contributed by atoms with E-state index in [4.69, 9.17) is 0 Å². The van der Waals surface area contributed by atoms with Crippen LogP contribution in [0.25, 0.3) is 10.9 Å². The van der Waals surface area contributed by atoms with Gasteiger partial charge in [0.05, 0.1) is 16.1 Å². The fourth-order valence-electron chi connectivity index (χ4n) is 2.60. The first-order valence-corrected chi connectivity index (χ1v) is 11.6. The van der Waals surface area contributed by atoms with Gasteiger partial charge in [-0.05, 0) is 40.2 Å². The number of pyridine rings is 1. The number of hydrogen-bond donors (Lipinski definition) is 1. The van der Waals surface area contributed by atoms with Gasteiger partial charge in [-0.2, -0.15) is 21.6 Å². The second-order valence-electron chi connectivity index (χ2n) is 5.48. The summed E-state index contributed by atoms with van der Waals surface area (Å²) in [7, 11) is -8.78. The number of nitrogens with one attached hydrogen (secondary N) is 1. The van der Waals surface area contributed by atoms with E-state index in [-0.39, 0.29) is 17.1 Å². The van der Waals surface area contributed by atoms with Crippen LogP contribution in [0.5, 0.6) is 0 Å². The Morgan fingerprint density at radius 1 is 1.00 bits per heavy atom. The van der Waals surface area contributed by atoms with Crippen molar-refractivity contribution in [1.29, 1.82) is 0 Å². The number of fused-ring (bicyclic) bond motifs is 1. The lowest BCUT2D eigenvalue weighted by Gasteiger charge is -2.25. The zero-order chi connectivity index (χ0) is 19.7. The van der Waals surface area contributed by atoms with Crippen molar-refractivity contribution in [3.8, 4) is 0 Å². The van der Waals surface area contributed by atoms with Crippen LogP contribution in [0.3, 0.4) is 0 Å². The Kier molecular flexibility index (Phi) is 5.52. The number of sulfonamides is 1. The van der Waals surface area contributed by atoms with Gasteiger partial charge >= 0.3 is 10.2 Å². The van der Waals surface area contributed by atoms with E-state index in [2.05, 4.69) is 25.6 Å². The summed E-state index contributed by atoms with van der Waals surface area (Å²) in [4.78, 5) is 4.09. The molecule has 0 spiro atoms. The molecule has 1 aromatic heterocycles. The van der Waals surface area contributed by atoms with Gasteiger partial charge in [0.1, 0.15) is 0 Å². The van der Waals surface area contributed by atoms with E-state index in [1.807, 2.05) is 0 Å². The highest BCUT2D eigenvalue weighted by atomic mass is 79.9. The summed E-state index contributed by atoms with van der Waals surface area (Å²) in [6.07, 6.45) is 1.37. The van der Waals surface area contributed by atoms with Crippen LogP contribution in [0.4, 0.5) is 5.69 Å². The molecule has 7 nitrogen and oxygen atoms in total. The Morgan fingerprint density at radius 3 is 2.37 bits per heavy atom. The quantitative estimate of drug-likeness (QED) is 0.598. The van der Waals surface area contributed by atoms with Crippen LogP contribution in [0.15, 0.2) is 70.2 Å². The van der Waals surface area contributed by atoms with E-state index in [0.29, 0.717) is 19.1 Å². The standard InChI is InChI=1S/C17H16BrN3O4S2/c1-2-20-27(24,25)21(26(22,23)13-7-4-3-5-8-13)16-11-12-19-17-14(16)9-6-10-15(17)18/h3-12,20H,2H2,1H3. The van der Waals surface area contributed by atoms with Gasteiger partial charge in [-0.25, -0.2) is 0 Å². The Morgan fingerprint density at radius 2 is 1.70 bits per heavy atom. The molecule has 0 bridgehead atoms. The predicted molar refractivity (Wildman–Crippen MR) is 108 cm³/mol. The molecule has 0 aliphatic heterocycles. The second-order valence-corrected chi connectivity index (χ2v) is 9.96. The molecule has 0 saturated carbocycles. The highest BCUT2D eigenvalue weighted by Gasteiger charge is 2.36. The Hall–Kier alpha value is -2.01. The zero-order valence-electron chi connectivity index (χ0n) is 14.2. The van der Waals surface area contributed by atoms with Crippen LogP contribution in [0.2, 0.25) is 0 Å². The maximum absolute atomic E-state index is 13.3. The van der Waals surface area contributed by atoms with Gasteiger partial charge < -0.3 is 0 Å². The predicted octanol–water partition coefficient (Wildman–Crippen LogP) is 3.05. The molecule has 10 heteroatoms. The lowest BCUT2D eigenvalue weighted by molar-refractivity contribution is 0.576. The molecule has 142 valence electrons. The zero-order valence-corrected chi connectivity index (χ0v) is 17.4. The molecule has 0 amide bonds. The number of aromatic nitrogens is 1. The van der Waals surface area contributed by atoms with Gasteiger partial charge in [0.15, 0.2) is 0 Å². The molecule has 27 heavy (non-hydrogen) atoms. The van der Waals surface area contributed by atoms with Crippen LogP contribution in [-0.2, 0) is 20.2 Å². The summed E-state index contributed by atoms with van der Waals surface area (Å²) in [6.45, 7) is 1.61. The van der Waals surface area contributed by atoms with Crippen LogP contribution in [0, 0.1) is 0 Å². The molecule has 0 aliphatic rings. The summed E-state index contributed by atoms with van der Waals surface area (Å²) in [5, 5.41) is 0.382. The van der Waals surface area contributed by atoms with Crippen LogP contribution in [0.1, 0.15) is 6.92 Å². The summed E-state index contributed by atoms with van der Waals surface area (Å²) in [5.74, 6) is 0. The summed E-state index contributed by atoms with van der Waals surface area (Å²) >= 11 is 3.36. The number of nitrogens with zero attached hydrogens (tertiary/aromatic N) is 2. The summed E-state index contributed by atoms with van der Waals surface area (Å²) in [5.41, 5.74) is 0.445. The number of halogens is 1. The normalized spacial score (nSPS) is 12.2. The van der Waals surface area contributed by atoms with Crippen LogP contribution >= 0.6 is 15.9 Å². The summed E-state index contributed by atoms with van der Waals surface area (Å²) < 4.78 is 55.6. The van der Waals surface area contributed by atoms with E-state index >= 15 is 0 Å². The molecular formula is C17H16BrN3O4S2. The minimum atomic E-state index is -4.40. The molecule has 0 unspecified atom stereocenters. The van der Waals surface area contributed by atoms with Crippen molar-refractivity contribution >= 4 is 52.8 Å². The largest absolute Gasteiger partial charge is 0.315 e. The molecular weight excluding hydrogens is 454 g/mol. The average Bonchev–Trinajstić information content (AvgIpc) is 2.63. The fourth-order valence-corrected chi connectivity index (χ4v) is 6.53. The van der Waals surface area contributed by atoms with Crippen molar-refractivity contribution in [2.45, 2.75) is 11.8 Å². The molecule has 0 radical (unpaired) electrons. The molecule has 1 heterocycles. The van der Waals surface area contributed by atoms with E-state index in [9.17, 15) is 16.8 Å². The smallest absolute Gasteiger partial charge is 0.255 e. The topological polar surface area (TPSA) is 96.4 Å². The van der Waals surface area contributed by atoms with E-state index in [0.717, 1.165) is 0 Å². The van der Waals surface area contributed by atoms with E-state index < -0.39 is 20.2 Å². The third-order valence-electron chi connectivity index (χ3n) is 3.70. The molecule has 0 atom stereocenters. The lowest BCUT2D eigenvalue weighted by atomic mass is 10.2. The highest BCUT2D eigenvalue weighted by Crippen LogP contribution is 2.34. The Bertz CT molecular complexity index is 1180. The van der Waals surface area contributed by atoms with Gasteiger partial charge in [0.25, 0.3) is 10.0 Å². The van der Waals surface area contributed by atoms with Gasteiger partial charge in [-0.1, -0.05) is 37.3 Å². The van der Waals surface area contributed by atoms with Crippen LogP contribution in [-0.4, -0.2) is 28.4 Å². The van der Waals surface area contributed by atoms with Crippen molar-refractivity contribution in [1.82, 2.24) is 9.71 Å². The fraction of sp³-hybridized carbons (Fsp3) is 0.118. The van der Waals surface area contributed by atoms with Crippen LogP contribution < -0.4 is 8.43 Å². The number of hydrogen-bond acceptors (Lipinski definition) is 5. The van der Waals surface area contributed by atoms with Gasteiger partial charge in [-0.15, -0.1) is 3.71 Å². The number of para-hydroxylation sites is 1. The first kappa shape index (κ1) is 19.7. The summed E-state index contributed by atoms with van der Waals surface area (Å²) in [6, 6.07) is 13.8. The van der Waals surface area contributed by atoms with Gasteiger partial charge in [0.2, 0.25) is 0 Å². The van der Waals surface area contributed by atoms with Crippen molar-refractivity contribution < 1.29 is 16.8 Å². The van der Waals surface area contributed by atoms with Crippen molar-refractivity contribution in [2.24, 2.45) is 0 Å². The number of benzene rings is 2. The third kappa shape index (κ3) is 3.70. The number of anilines is 1. The van der Waals surface area contributed by atoms with E-state index in [1.165, 1.54) is 36.5 Å². The maximum atomic E-state index is 13.3. The highest BCUT2D eigenvalue weighted by molar-refractivity contribution is 9.10. The number of rotatable bonds is 6. The second kappa shape index (κ2) is 7.55. The maximum Gasteiger partial charge on any atom is 0.315 e. The third-order valence-corrected chi connectivity index (χ3v) is 8.31. The molecule has 3 rings (SSSR count). The SMILES string of the molecule is CCNS(=O)(=O)N(c1ccnc2c(Br)cccc12)S(=O)(=O)c1ccccc1. The van der Waals surface area contributed by atoms with Gasteiger partial charge in [0, 0.05) is 22.6 Å². The molecule has 1 N–H and O–H groups in total. The van der Waals surface area contributed by atoms with Crippen molar-refractivity contribution in [2.75, 3.05) is 10.3 Å². The monoisotopic (exact) mass is 469 g/mol. The molecule has 0 saturated heterocycles. The average molecular weight is 470 g/mol. The first-order valence-electron chi connectivity index (χ1n) is 7.92.